The summed E-state index contributed by atoms with van der Waals surface area (Å²) in [5.74, 6) is -0.270. The van der Waals surface area contributed by atoms with Gasteiger partial charge in [0.15, 0.2) is 0 Å². The maximum atomic E-state index is 12.0. The summed E-state index contributed by atoms with van der Waals surface area (Å²) < 4.78 is 6.54. The maximum absolute atomic E-state index is 12.0. The van der Waals surface area contributed by atoms with Crippen molar-refractivity contribution in [2.24, 2.45) is 5.92 Å². The van der Waals surface area contributed by atoms with Gasteiger partial charge in [0.2, 0.25) is 0 Å². The van der Waals surface area contributed by atoms with Crippen LogP contribution in [0.15, 0.2) is 54.6 Å². The molecule has 1 unspecified atom stereocenters. The molecule has 104 valence electrons. The number of carbonyl (C=O) groups is 1. The second kappa shape index (κ2) is 7.43. The highest BCUT2D eigenvalue weighted by atomic mass is 127. The second-order valence-corrected chi connectivity index (χ2v) is 6.07. The molecular formula is C17H17IO2. The Hall–Kier alpha value is -1.36. The number of rotatable bonds is 5. The Balaban J connectivity index is 1.83. The van der Waals surface area contributed by atoms with E-state index in [2.05, 4.69) is 22.6 Å². The van der Waals surface area contributed by atoms with Gasteiger partial charge in [0, 0.05) is 3.57 Å². The minimum Gasteiger partial charge on any atom is -0.461 e. The van der Waals surface area contributed by atoms with Gasteiger partial charge in [-0.2, -0.15) is 0 Å². The van der Waals surface area contributed by atoms with Crippen LogP contribution in [0.5, 0.6) is 0 Å². The fourth-order valence-electron chi connectivity index (χ4n) is 1.93. The quantitative estimate of drug-likeness (QED) is 0.574. The molecule has 0 N–H and O–H groups in total. The molecule has 0 heterocycles. The lowest BCUT2D eigenvalue weighted by Gasteiger charge is -2.11. The zero-order valence-electron chi connectivity index (χ0n) is 11.4. The van der Waals surface area contributed by atoms with Gasteiger partial charge >= 0.3 is 5.97 Å². The van der Waals surface area contributed by atoms with Gasteiger partial charge in [-0.25, -0.2) is 0 Å². The molecule has 3 heteroatoms. The predicted octanol–water partition coefficient (Wildman–Crippen LogP) is 4.21. The van der Waals surface area contributed by atoms with Gasteiger partial charge < -0.3 is 4.74 Å². The van der Waals surface area contributed by atoms with Crippen LogP contribution in [0.25, 0.3) is 0 Å². The first-order valence-electron chi connectivity index (χ1n) is 6.60. The molecule has 0 aromatic heterocycles. The minimum atomic E-state index is -0.146. The Morgan fingerprint density at radius 3 is 2.35 bits per heavy atom. The molecule has 0 saturated heterocycles. The fraction of sp³-hybridized carbons (Fsp3) is 0.235. The van der Waals surface area contributed by atoms with Crippen LogP contribution in [0.1, 0.15) is 18.1 Å². The highest BCUT2D eigenvalue weighted by Gasteiger charge is 2.15. The van der Waals surface area contributed by atoms with Gasteiger partial charge in [0.25, 0.3) is 0 Å². The summed E-state index contributed by atoms with van der Waals surface area (Å²) in [4.78, 5) is 12.0. The molecule has 0 amide bonds. The van der Waals surface area contributed by atoms with Crippen LogP contribution < -0.4 is 0 Å². The van der Waals surface area contributed by atoms with Crippen LogP contribution in [-0.2, 0) is 22.6 Å². The van der Waals surface area contributed by atoms with E-state index in [1.54, 1.807) is 0 Å². The lowest BCUT2D eigenvalue weighted by Crippen LogP contribution is -2.17. The number of esters is 1. The molecule has 1 atom stereocenters. The molecular weight excluding hydrogens is 363 g/mol. The van der Waals surface area contributed by atoms with Crippen molar-refractivity contribution in [1.29, 1.82) is 0 Å². The van der Waals surface area contributed by atoms with Gasteiger partial charge in [-0.05, 0) is 52.3 Å². The van der Waals surface area contributed by atoms with Gasteiger partial charge in [-0.3, -0.25) is 4.79 Å². The predicted molar refractivity (Wildman–Crippen MR) is 88.3 cm³/mol. The summed E-state index contributed by atoms with van der Waals surface area (Å²) in [5.41, 5.74) is 2.18. The molecule has 2 aromatic rings. The Labute approximate surface area is 133 Å². The highest BCUT2D eigenvalue weighted by molar-refractivity contribution is 14.1. The SMILES string of the molecule is CC(Cc1ccccc1)C(=O)OCc1ccc(I)cc1. The van der Waals surface area contributed by atoms with E-state index in [0.717, 1.165) is 11.1 Å². The molecule has 2 rings (SSSR count). The second-order valence-electron chi connectivity index (χ2n) is 4.82. The lowest BCUT2D eigenvalue weighted by atomic mass is 10.0. The highest BCUT2D eigenvalue weighted by Crippen LogP contribution is 2.12. The van der Waals surface area contributed by atoms with E-state index in [0.29, 0.717) is 13.0 Å². The molecule has 0 radical (unpaired) electrons. The number of hydrogen-bond donors (Lipinski definition) is 0. The van der Waals surface area contributed by atoms with Gasteiger partial charge in [0.1, 0.15) is 6.61 Å². The van der Waals surface area contributed by atoms with E-state index >= 15 is 0 Å². The van der Waals surface area contributed by atoms with Crippen molar-refractivity contribution in [3.63, 3.8) is 0 Å². The molecule has 0 aliphatic rings. The van der Waals surface area contributed by atoms with E-state index in [1.165, 1.54) is 3.57 Å². The standard InChI is InChI=1S/C17H17IO2/c1-13(11-14-5-3-2-4-6-14)17(19)20-12-15-7-9-16(18)10-8-15/h2-10,13H,11-12H2,1H3. The normalized spacial score (nSPS) is 11.9. The minimum absolute atomic E-state index is 0.124. The topological polar surface area (TPSA) is 26.3 Å². The molecule has 2 aromatic carbocycles. The first-order valence-corrected chi connectivity index (χ1v) is 7.68. The Kier molecular flexibility index (Phi) is 5.59. The summed E-state index contributed by atoms with van der Waals surface area (Å²) in [7, 11) is 0. The smallest absolute Gasteiger partial charge is 0.309 e. The van der Waals surface area contributed by atoms with Crippen LogP contribution in [-0.4, -0.2) is 5.97 Å². The number of hydrogen-bond acceptors (Lipinski definition) is 2. The van der Waals surface area contributed by atoms with E-state index in [-0.39, 0.29) is 11.9 Å². The molecule has 0 aliphatic carbocycles. The molecule has 0 saturated carbocycles. The van der Waals surface area contributed by atoms with Crippen molar-refractivity contribution >= 4 is 28.6 Å². The van der Waals surface area contributed by atoms with Crippen LogP contribution >= 0.6 is 22.6 Å². The third kappa shape index (κ3) is 4.63. The molecule has 0 fully saturated rings. The van der Waals surface area contributed by atoms with Crippen molar-refractivity contribution < 1.29 is 9.53 Å². The van der Waals surface area contributed by atoms with Crippen molar-refractivity contribution in [3.05, 3.63) is 69.3 Å². The van der Waals surface area contributed by atoms with Crippen LogP contribution in [0.4, 0.5) is 0 Å². The third-order valence-electron chi connectivity index (χ3n) is 3.08. The molecule has 0 aliphatic heterocycles. The van der Waals surface area contributed by atoms with E-state index in [9.17, 15) is 4.79 Å². The van der Waals surface area contributed by atoms with Gasteiger partial charge in [0.05, 0.1) is 5.92 Å². The Morgan fingerprint density at radius 1 is 1.05 bits per heavy atom. The first-order chi connectivity index (χ1) is 9.65. The first kappa shape index (κ1) is 15.0. The van der Waals surface area contributed by atoms with Crippen molar-refractivity contribution in [2.45, 2.75) is 20.0 Å². The van der Waals surface area contributed by atoms with Crippen LogP contribution in [0.2, 0.25) is 0 Å². The summed E-state index contributed by atoms with van der Waals surface area (Å²) in [6.45, 7) is 2.25. The third-order valence-corrected chi connectivity index (χ3v) is 3.80. The average Bonchev–Trinajstić information content (AvgIpc) is 2.47. The molecule has 20 heavy (non-hydrogen) atoms. The number of carbonyl (C=O) groups excluding carboxylic acids is 1. The zero-order valence-corrected chi connectivity index (χ0v) is 13.5. The van der Waals surface area contributed by atoms with E-state index in [1.807, 2.05) is 61.5 Å². The zero-order chi connectivity index (χ0) is 14.4. The van der Waals surface area contributed by atoms with Gasteiger partial charge in [-0.15, -0.1) is 0 Å². The summed E-state index contributed by atoms with van der Waals surface area (Å²) >= 11 is 2.25. The molecule has 0 bridgehead atoms. The summed E-state index contributed by atoms with van der Waals surface area (Å²) in [6.07, 6.45) is 0.715. The van der Waals surface area contributed by atoms with Crippen LogP contribution in [0, 0.1) is 9.49 Å². The molecule has 0 spiro atoms. The summed E-state index contributed by atoms with van der Waals surface area (Å²) in [5, 5.41) is 0. The van der Waals surface area contributed by atoms with E-state index < -0.39 is 0 Å². The maximum Gasteiger partial charge on any atom is 0.309 e. The summed E-state index contributed by atoms with van der Waals surface area (Å²) in [6, 6.07) is 18.0. The van der Waals surface area contributed by atoms with Crippen LogP contribution in [0.3, 0.4) is 0 Å². The fourth-order valence-corrected chi connectivity index (χ4v) is 2.29. The van der Waals surface area contributed by atoms with Gasteiger partial charge in [-0.1, -0.05) is 49.4 Å². The Bertz CT molecular complexity index is 549. The number of halogens is 1. The number of ether oxygens (including phenoxy) is 1. The average molecular weight is 380 g/mol. The Morgan fingerprint density at radius 2 is 1.70 bits per heavy atom. The lowest BCUT2D eigenvalue weighted by molar-refractivity contribution is -0.149. The van der Waals surface area contributed by atoms with Crippen molar-refractivity contribution in [2.75, 3.05) is 0 Å². The monoisotopic (exact) mass is 380 g/mol. The largest absolute Gasteiger partial charge is 0.461 e. The van der Waals surface area contributed by atoms with E-state index in [4.69, 9.17) is 4.74 Å². The number of benzene rings is 2. The van der Waals surface area contributed by atoms with Crippen molar-refractivity contribution in [1.82, 2.24) is 0 Å². The van der Waals surface area contributed by atoms with Crippen molar-refractivity contribution in [3.8, 4) is 0 Å². The molecule has 2 nitrogen and oxygen atoms in total.